The van der Waals surface area contributed by atoms with Crippen LogP contribution in [0.1, 0.15) is 11.3 Å². The molecular formula is C17H17N3OS. The summed E-state index contributed by atoms with van der Waals surface area (Å²) in [5.74, 6) is 0. The Hall–Kier alpha value is -2.11. The number of hydrogen-bond acceptors (Lipinski definition) is 2. The summed E-state index contributed by atoms with van der Waals surface area (Å²) in [6.07, 6.45) is 1.02. The highest BCUT2D eigenvalue weighted by molar-refractivity contribution is 7.86. The number of benzene rings is 2. The van der Waals surface area contributed by atoms with Crippen LogP contribution >= 0.6 is 0 Å². The van der Waals surface area contributed by atoms with Crippen LogP contribution in [0.5, 0.6) is 0 Å². The van der Waals surface area contributed by atoms with Gasteiger partial charge in [0.15, 0.2) is 0 Å². The van der Waals surface area contributed by atoms with E-state index in [1.54, 1.807) is 0 Å². The van der Waals surface area contributed by atoms with Crippen molar-refractivity contribution in [3.8, 4) is 0 Å². The highest BCUT2D eigenvalue weighted by atomic mass is 32.2. The molecule has 3 aromatic rings. The highest BCUT2D eigenvalue weighted by Crippen LogP contribution is 2.27. The molecule has 1 unspecified atom stereocenters. The summed E-state index contributed by atoms with van der Waals surface area (Å²) in [7, 11) is -1.26. The smallest absolute Gasteiger partial charge is 0.150 e. The standard InChI is InChI=1S/C17H17N3OS/c21-22(20-12-4-2-1-3-5-12)13-6-7-16-14(10-13)15-11-18-9-8-17(15)19-16/h1-7,10,18-20H,8-9,11H2. The maximum atomic E-state index is 12.5. The monoisotopic (exact) mass is 311 g/mol. The molecule has 112 valence electrons. The highest BCUT2D eigenvalue weighted by Gasteiger charge is 2.16. The molecule has 0 saturated heterocycles. The molecule has 0 bridgehead atoms. The van der Waals surface area contributed by atoms with Gasteiger partial charge in [-0.15, -0.1) is 0 Å². The molecule has 0 saturated carbocycles. The lowest BCUT2D eigenvalue weighted by Gasteiger charge is -2.12. The third-order valence-electron chi connectivity index (χ3n) is 4.02. The van der Waals surface area contributed by atoms with Crippen LogP contribution < -0.4 is 10.0 Å². The minimum Gasteiger partial charge on any atom is -0.358 e. The number of anilines is 1. The van der Waals surface area contributed by atoms with Gasteiger partial charge in [0.25, 0.3) is 0 Å². The van der Waals surface area contributed by atoms with Gasteiger partial charge in [0.05, 0.1) is 4.90 Å². The molecule has 5 heteroatoms. The molecule has 0 spiro atoms. The fourth-order valence-electron chi connectivity index (χ4n) is 2.91. The third kappa shape index (κ3) is 2.42. The average Bonchev–Trinajstić information content (AvgIpc) is 2.93. The van der Waals surface area contributed by atoms with Gasteiger partial charge < -0.3 is 15.0 Å². The molecule has 0 amide bonds. The normalized spacial score (nSPS) is 15.5. The summed E-state index contributed by atoms with van der Waals surface area (Å²) in [6.45, 7) is 1.88. The van der Waals surface area contributed by atoms with Gasteiger partial charge >= 0.3 is 0 Å². The maximum absolute atomic E-state index is 12.5. The SMILES string of the molecule is O=S(Nc1ccccc1)c1ccc2[nH]c3c(c2c1)CNCC3. The Labute approximate surface area is 131 Å². The van der Waals surface area contributed by atoms with E-state index < -0.39 is 11.0 Å². The van der Waals surface area contributed by atoms with E-state index in [-0.39, 0.29) is 0 Å². The van der Waals surface area contributed by atoms with Crippen molar-refractivity contribution >= 4 is 27.6 Å². The van der Waals surface area contributed by atoms with Crippen molar-refractivity contribution in [2.75, 3.05) is 11.3 Å². The van der Waals surface area contributed by atoms with Gasteiger partial charge in [-0.25, -0.2) is 4.21 Å². The van der Waals surface area contributed by atoms with Gasteiger partial charge in [0.2, 0.25) is 0 Å². The number of hydrogen-bond donors (Lipinski definition) is 3. The Kier molecular flexibility index (Phi) is 3.44. The van der Waals surface area contributed by atoms with Crippen molar-refractivity contribution in [2.24, 2.45) is 0 Å². The zero-order valence-electron chi connectivity index (χ0n) is 12.1. The number of nitrogens with one attached hydrogen (secondary N) is 3. The first kappa shape index (κ1) is 13.5. The summed E-state index contributed by atoms with van der Waals surface area (Å²) < 4.78 is 15.6. The largest absolute Gasteiger partial charge is 0.358 e. The molecule has 3 N–H and O–H groups in total. The van der Waals surface area contributed by atoms with Gasteiger partial charge in [-0.3, -0.25) is 0 Å². The van der Waals surface area contributed by atoms with Crippen molar-refractivity contribution < 1.29 is 4.21 Å². The second kappa shape index (κ2) is 5.59. The fourth-order valence-corrected chi connectivity index (χ4v) is 3.80. The molecule has 1 aliphatic heterocycles. The van der Waals surface area contributed by atoms with Crippen LogP contribution in [0.15, 0.2) is 53.4 Å². The summed E-state index contributed by atoms with van der Waals surface area (Å²) in [4.78, 5) is 4.27. The van der Waals surface area contributed by atoms with Gasteiger partial charge in [-0.1, -0.05) is 18.2 Å². The minimum atomic E-state index is -1.26. The van der Waals surface area contributed by atoms with Crippen LogP contribution in [0.3, 0.4) is 0 Å². The molecule has 4 nitrogen and oxygen atoms in total. The van der Waals surface area contributed by atoms with Crippen LogP contribution in [-0.2, 0) is 24.0 Å². The fraction of sp³-hybridized carbons (Fsp3) is 0.176. The molecule has 0 radical (unpaired) electrons. The number of aromatic nitrogens is 1. The lowest BCUT2D eigenvalue weighted by Crippen LogP contribution is -2.22. The molecule has 2 heterocycles. The van der Waals surface area contributed by atoms with E-state index in [9.17, 15) is 4.21 Å². The van der Waals surface area contributed by atoms with Gasteiger partial charge in [0, 0.05) is 41.8 Å². The van der Waals surface area contributed by atoms with Gasteiger partial charge in [-0.2, -0.15) is 0 Å². The minimum absolute atomic E-state index is 0.795. The summed E-state index contributed by atoms with van der Waals surface area (Å²) >= 11 is 0. The summed E-state index contributed by atoms with van der Waals surface area (Å²) in [6, 6.07) is 15.6. The Morgan fingerprint density at radius 2 is 1.95 bits per heavy atom. The molecular weight excluding hydrogens is 294 g/mol. The van der Waals surface area contributed by atoms with Crippen LogP contribution in [0, 0.1) is 0 Å². The zero-order chi connectivity index (χ0) is 14.9. The topological polar surface area (TPSA) is 56.9 Å². The predicted molar refractivity (Wildman–Crippen MR) is 90.2 cm³/mol. The first-order valence-corrected chi connectivity index (χ1v) is 8.54. The second-order valence-corrected chi connectivity index (χ2v) is 6.67. The first-order chi connectivity index (χ1) is 10.8. The average molecular weight is 311 g/mol. The van der Waals surface area contributed by atoms with Crippen LogP contribution in [0.2, 0.25) is 0 Å². The van der Waals surface area contributed by atoms with Crippen molar-refractivity contribution in [3.05, 3.63) is 59.8 Å². The Bertz CT molecular complexity index is 842. The van der Waals surface area contributed by atoms with Crippen LogP contribution in [0.25, 0.3) is 10.9 Å². The molecule has 1 atom stereocenters. The second-order valence-electron chi connectivity index (χ2n) is 5.45. The predicted octanol–water partition coefficient (Wildman–Crippen LogP) is 2.95. The molecule has 1 aromatic heterocycles. The number of H-pyrrole nitrogens is 1. The van der Waals surface area contributed by atoms with E-state index in [1.165, 1.54) is 16.6 Å². The molecule has 0 aliphatic carbocycles. The van der Waals surface area contributed by atoms with E-state index in [0.29, 0.717) is 0 Å². The maximum Gasteiger partial charge on any atom is 0.150 e. The Morgan fingerprint density at radius 1 is 1.09 bits per heavy atom. The van der Waals surface area contributed by atoms with Crippen molar-refractivity contribution in [1.29, 1.82) is 0 Å². The van der Waals surface area contributed by atoms with E-state index in [2.05, 4.69) is 15.0 Å². The zero-order valence-corrected chi connectivity index (χ0v) is 12.9. The summed E-state index contributed by atoms with van der Waals surface area (Å²) in [5, 5.41) is 4.57. The number of aromatic amines is 1. The molecule has 0 fully saturated rings. The molecule has 4 rings (SSSR count). The third-order valence-corrected chi connectivity index (χ3v) is 5.12. The van der Waals surface area contributed by atoms with Crippen LogP contribution in [-0.4, -0.2) is 15.7 Å². The van der Waals surface area contributed by atoms with E-state index >= 15 is 0 Å². The van der Waals surface area contributed by atoms with E-state index in [4.69, 9.17) is 0 Å². The number of para-hydroxylation sites is 1. The quantitative estimate of drug-likeness (QED) is 0.696. The summed E-state index contributed by atoms with van der Waals surface area (Å²) in [5.41, 5.74) is 4.58. The van der Waals surface area contributed by atoms with Gasteiger partial charge in [0.1, 0.15) is 11.0 Å². The number of fused-ring (bicyclic) bond motifs is 3. The molecule has 1 aliphatic rings. The van der Waals surface area contributed by atoms with Crippen molar-refractivity contribution in [3.63, 3.8) is 0 Å². The van der Waals surface area contributed by atoms with E-state index in [1.807, 2.05) is 48.5 Å². The van der Waals surface area contributed by atoms with Crippen LogP contribution in [0.4, 0.5) is 5.69 Å². The molecule has 22 heavy (non-hydrogen) atoms. The van der Waals surface area contributed by atoms with Crippen molar-refractivity contribution in [1.82, 2.24) is 10.3 Å². The number of rotatable bonds is 3. The first-order valence-electron chi connectivity index (χ1n) is 7.39. The van der Waals surface area contributed by atoms with Crippen molar-refractivity contribution in [2.45, 2.75) is 17.9 Å². The lowest BCUT2D eigenvalue weighted by atomic mass is 10.1. The van der Waals surface area contributed by atoms with Gasteiger partial charge in [-0.05, 0) is 35.9 Å². The lowest BCUT2D eigenvalue weighted by molar-refractivity contribution is 0.641. The molecule has 2 aromatic carbocycles. The van der Waals surface area contributed by atoms with E-state index in [0.717, 1.165) is 35.6 Å². The Morgan fingerprint density at radius 3 is 2.82 bits per heavy atom. The Balaban J connectivity index is 1.68.